The van der Waals surface area contributed by atoms with Crippen LogP contribution in [0.3, 0.4) is 0 Å². The fraction of sp³-hybridized carbons (Fsp3) is 0.667. The van der Waals surface area contributed by atoms with E-state index in [2.05, 4.69) is 53.4 Å². The number of likely N-dealkylation sites (tertiary alicyclic amines) is 2. The van der Waals surface area contributed by atoms with Gasteiger partial charge in [-0.1, -0.05) is 18.2 Å². The first kappa shape index (κ1) is 24.3. The maximum absolute atomic E-state index is 12.0. The van der Waals surface area contributed by atoms with Crippen molar-refractivity contribution in [1.82, 2.24) is 15.1 Å². The van der Waals surface area contributed by atoms with Crippen LogP contribution in [0, 0.1) is 5.92 Å². The SMILES string of the molecule is CCNC(=NCC1CCCN(C)C1)N1CC(CCN2CCCC2=O)c2ccccc21.I. The van der Waals surface area contributed by atoms with Crippen molar-refractivity contribution in [3.05, 3.63) is 29.8 Å². The second kappa shape index (κ2) is 11.5. The van der Waals surface area contributed by atoms with Crippen molar-refractivity contribution in [2.24, 2.45) is 10.9 Å². The molecule has 1 N–H and O–H groups in total. The van der Waals surface area contributed by atoms with Gasteiger partial charge in [0.25, 0.3) is 0 Å². The van der Waals surface area contributed by atoms with Crippen LogP contribution in [0.5, 0.6) is 0 Å². The molecule has 0 bridgehead atoms. The third kappa shape index (κ3) is 5.92. The van der Waals surface area contributed by atoms with E-state index >= 15 is 0 Å². The lowest BCUT2D eigenvalue weighted by Crippen LogP contribution is -2.42. The second-order valence-electron chi connectivity index (χ2n) is 9.10. The molecule has 172 valence electrons. The molecule has 2 atom stereocenters. The number of hydrogen-bond donors (Lipinski definition) is 1. The molecule has 31 heavy (non-hydrogen) atoms. The zero-order valence-corrected chi connectivity index (χ0v) is 21.4. The second-order valence-corrected chi connectivity index (χ2v) is 9.10. The molecule has 1 amide bonds. The zero-order chi connectivity index (χ0) is 20.9. The number of carbonyl (C=O) groups excluding carboxylic acids is 1. The topological polar surface area (TPSA) is 51.2 Å². The molecule has 2 unspecified atom stereocenters. The zero-order valence-electron chi connectivity index (χ0n) is 19.1. The van der Waals surface area contributed by atoms with E-state index in [1.54, 1.807) is 0 Å². The maximum atomic E-state index is 12.0. The number of rotatable bonds is 6. The number of hydrogen-bond acceptors (Lipinski definition) is 3. The maximum Gasteiger partial charge on any atom is 0.222 e. The Morgan fingerprint density at radius 3 is 2.77 bits per heavy atom. The van der Waals surface area contributed by atoms with E-state index < -0.39 is 0 Å². The van der Waals surface area contributed by atoms with Gasteiger partial charge in [0.05, 0.1) is 0 Å². The predicted molar refractivity (Wildman–Crippen MR) is 139 cm³/mol. The largest absolute Gasteiger partial charge is 0.356 e. The number of aliphatic imine (C=N–C) groups is 1. The van der Waals surface area contributed by atoms with Crippen LogP contribution < -0.4 is 10.2 Å². The average Bonchev–Trinajstić information content (AvgIpc) is 3.33. The van der Waals surface area contributed by atoms with Crippen LogP contribution in [-0.4, -0.2) is 74.5 Å². The number of anilines is 1. The Morgan fingerprint density at radius 1 is 1.19 bits per heavy atom. The third-order valence-electron chi connectivity index (χ3n) is 6.80. The normalized spacial score (nSPS) is 24.3. The van der Waals surface area contributed by atoms with E-state index in [1.165, 1.54) is 30.6 Å². The van der Waals surface area contributed by atoms with Crippen LogP contribution in [-0.2, 0) is 4.79 Å². The number of amides is 1. The summed E-state index contributed by atoms with van der Waals surface area (Å²) in [7, 11) is 2.22. The summed E-state index contributed by atoms with van der Waals surface area (Å²) < 4.78 is 0. The van der Waals surface area contributed by atoms with E-state index in [9.17, 15) is 4.79 Å². The fourth-order valence-corrected chi connectivity index (χ4v) is 5.23. The first-order valence-electron chi connectivity index (χ1n) is 11.8. The number of benzene rings is 1. The molecule has 0 saturated carbocycles. The molecule has 1 aromatic carbocycles. The van der Waals surface area contributed by atoms with Crippen molar-refractivity contribution in [2.45, 2.75) is 44.9 Å². The monoisotopic (exact) mass is 539 g/mol. The van der Waals surface area contributed by atoms with Crippen molar-refractivity contribution in [2.75, 3.05) is 57.8 Å². The third-order valence-corrected chi connectivity index (χ3v) is 6.80. The van der Waals surface area contributed by atoms with Gasteiger partial charge >= 0.3 is 0 Å². The highest BCUT2D eigenvalue weighted by Crippen LogP contribution is 2.38. The summed E-state index contributed by atoms with van der Waals surface area (Å²) >= 11 is 0. The minimum atomic E-state index is 0. The summed E-state index contributed by atoms with van der Waals surface area (Å²) in [5.74, 6) is 2.43. The minimum Gasteiger partial charge on any atom is -0.356 e. The molecule has 0 spiro atoms. The minimum absolute atomic E-state index is 0. The fourth-order valence-electron chi connectivity index (χ4n) is 5.23. The number of carbonyl (C=O) groups is 1. The van der Waals surface area contributed by atoms with Crippen molar-refractivity contribution >= 4 is 41.5 Å². The van der Waals surface area contributed by atoms with E-state index in [-0.39, 0.29) is 24.0 Å². The van der Waals surface area contributed by atoms with E-state index in [4.69, 9.17) is 4.99 Å². The lowest BCUT2D eigenvalue weighted by molar-refractivity contribution is -0.127. The molecule has 0 radical (unpaired) electrons. The van der Waals surface area contributed by atoms with Gasteiger partial charge in [0, 0.05) is 57.3 Å². The lowest BCUT2D eigenvalue weighted by Gasteiger charge is -2.29. The Morgan fingerprint density at radius 2 is 2.03 bits per heavy atom. The van der Waals surface area contributed by atoms with Crippen molar-refractivity contribution in [3.63, 3.8) is 0 Å². The summed E-state index contributed by atoms with van der Waals surface area (Å²) in [5.41, 5.74) is 2.67. The summed E-state index contributed by atoms with van der Waals surface area (Å²) in [5, 5.41) is 3.54. The van der Waals surface area contributed by atoms with Gasteiger partial charge in [-0.05, 0) is 63.7 Å². The first-order chi connectivity index (χ1) is 14.7. The number of nitrogens with zero attached hydrogens (tertiary/aromatic N) is 4. The molecule has 2 saturated heterocycles. The highest BCUT2D eigenvalue weighted by atomic mass is 127. The molecule has 3 aliphatic heterocycles. The predicted octanol–water partition coefficient (Wildman–Crippen LogP) is 3.53. The average molecular weight is 540 g/mol. The molecule has 4 rings (SSSR count). The Bertz CT molecular complexity index is 770. The van der Waals surface area contributed by atoms with Gasteiger partial charge in [-0.2, -0.15) is 0 Å². The van der Waals surface area contributed by atoms with E-state index in [0.717, 1.165) is 64.5 Å². The van der Waals surface area contributed by atoms with Crippen molar-refractivity contribution in [3.8, 4) is 0 Å². The van der Waals surface area contributed by atoms with Crippen LogP contribution in [0.1, 0.15) is 50.5 Å². The molecule has 1 aromatic rings. The summed E-state index contributed by atoms with van der Waals surface area (Å²) in [6, 6.07) is 8.74. The van der Waals surface area contributed by atoms with Crippen LogP contribution in [0.25, 0.3) is 0 Å². The first-order valence-corrected chi connectivity index (χ1v) is 11.8. The quantitative estimate of drug-likeness (QED) is 0.342. The number of guanidine groups is 1. The summed E-state index contributed by atoms with van der Waals surface area (Å²) in [6.07, 6.45) is 5.31. The number of nitrogens with one attached hydrogen (secondary N) is 1. The van der Waals surface area contributed by atoms with Gasteiger partial charge in [-0.25, -0.2) is 0 Å². The van der Waals surface area contributed by atoms with Crippen LogP contribution in [0.4, 0.5) is 5.69 Å². The number of para-hydroxylation sites is 1. The van der Waals surface area contributed by atoms with E-state index in [0.29, 0.717) is 17.7 Å². The molecule has 0 aliphatic carbocycles. The Labute approximate surface area is 204 Å². The van der Waals surface area contributed by atoms with Crippen LogP contribution in [0.15, 0.2) is 29.3 Å². The van der Waals surface area contributed by atoms with Gasteiger partial charge in [0.2, 0.25) is 5.91 Å². The number of piperidine rings is 1. The van der Waals surface area contributed by atoms with Crippen molar-refractivity contribution in [1.29, 1.82) is 0 Å². The molecule has 6 nitrogen and oxygen atoms in total. The smallest absolute Gasteiger partial charge is 0.222 e. The Hall–Kier alpha value is -1.35. The molecule has 3 aliphatic rings. The van der Waals surface area contributed by atoms with Gasteiger partial charge < -0.3 is 20.0 Å². The highest BCUT2D eigenvalue weighted by Gasteiger charge is 2.32. The molecule has 3 heterocycles. The highest BCUT2D eigenvalue weighted by molar-refractivity contribution is 14.0. The Balaban J connectivity index is 0.00000272. The molecule has 2 fully saturated rings. The standard InChI is InChI=1S/C24H37N5O.HI/c1-3-25-24(26-16-19-8-6-13-27(2)17-19)29-18-20(21-9-4-5-10-22(21)29)12-15-28-14-7-11-23(28)30;/h4-5,9-10,19-20H,3,6-8,11-18H2,1-2H3,(H,25,26);1H. The van der Waals surface area contributed by atoms with E-state index in [1.807, 2.05) is 4.90 Å². The van der Waals surface area contributed by atoms with Crippen LogP contribution >= 0.6 is 24.0 Å². The van der Waals surface area contributed by atoms with Gasteiger partial charge in [0.15, 0.2) is 5.96 Å². The van der Waals surface area contributed by atoms with Crippen molar-refractivity contribution < 1.29 is 4.79 Å². The molecule has 7 heteroatoms. The molecule has 0 aromatic heterocycles. The summed E-state index contributed by atoms with van der Waals surface area (Å²) in [4.78, 5) is 24.0. The van der Waals surface area contributed by atoms with Gasteiger partial charge in [0.1, 0.15) is 0 Å². The molecular formula is C24H38IN5O. The molecular weight excluding hydrogens is 501 g/mol. The summed E-state index contributed by atoms with van der Waals surface area (Å²) in [6.45, 7) is 8.99. The lowest BCUT2D eigenvalue weighted by atomic mass is 9.98. The number of fused-ring (bicyclic) bond motifs is 1. The number of halogens is 1. The Kier molecular flexibility index (Phi) is 9.01. The van der Waals surface area contributed by atoms with Gasteiger partial charge in [-0.15, -0.1) is 24.0 Å². The van der Waals surface area contributed by atoms with Gasteiger partial charge in [-0.3, -0.25) is 9.79 Å². The van der Waals surface area contributed by atoms with Crippen LogP contribution in [0.2, 0.25) is 0 Å².